The molecule has 284 valence electrons. The predicted octanol–water partition coefficient (Wildman–Crippen LogP) is 7.17. The molecule has 0 atom stereocenters. The van der Waals surface area contributed by atoms with E-state index in [0.29, 0.717) is 88.8 Å². The molecule has 0 spiro atoms. The number of nitrogens with one attached hydrogen (secondary N) is 2. The Morgan fingerprint density at radius 1 is 0.804 bits per heavy atom. The zero-order valence-corrected chi connectivity index (χ0v) is 31.3. The first-order chi connectivity index (χ1) is 27.3. The highest BCUT2D eigenvalue weighted by Crippen LogP contribution is 2.37. The van der Waals surface area contributed by atoms with Crippen molar-refractivity contribution in [3.8, 4) is 34.2 Å². The van der Waals surface area contributed by atoms with Crippen molar-refractivity contribution in [1.82, 2.24) is 24.8 Å². The topological polar surface area (TPSA) is 164 Å². The van der Waals surface area contributed by atoms with Crippen molar-refractivity contribution in [3.05, 3.63) is 96.7 Å². The van der Waals surface area contributed by atoms with E-state index in [1.165, 1.54) is 0 Å². The number of benzene rings is 3. The number of ether oxygens (including phenoxy) is 2. The quantitative estimate of drug-likeness (QED) is 0.153. The Labute approximate surface area is 321 Å². The number of hydrogen-bond acceptors (Lipinski definition) is 12. The van der Waals surface area contributed by atoms with Gasteiger partial charge in [0.1, 0.15) is 28.5 Å². The molecule has 56 heavy (non-hydrogen) atoms. The maximum absolute atomic E-state index is 13.6. The van der Waals surface area contributed by atoms with Gasteiger partial charge in [-0.25, -0.2) is 14.8 Å². The van der Waals surface area contributed by atoms with Gasteiger partial charge in [-0.05, 0) is 67.1 Å². The molecule has 0 bridgehead atoms. The number of para-hydroxylation sites is 1. The number of hydrogen-bond donors (Lipinski definition) is 2. The van der Waals surface area contributed by atoms with E-state index in [1.54, 1.807) is 56.8 Å². The van der Waals surface area contributed by atoms with Gasteiger partial charge in [-0.2, -0.15) is 9.97 Å². The fourth-order valence-corrected chi connectivity index (χ4v) is 6.65. The first kappa shape index (κ1) is 35.8. The summed E-state index contributed by atoms with van der Waals surface area (Å²) in [5.74, 6) is 1.54. The first-order valence-corrected chi connectivity index (χ1v) is 18.0. The largest absolute Gasteiger partial charge is 0.497 e. The molecule has 1 saturated heterocycles. The van der Waals surface area contributed by atoms with E-state index in [0.717, 1.165) is 23.2 Å². The molecule has 2 N–H and O–H groups in total. The Hall–Kier alpha value is -7.16. The lowest BCUT2D eigenvalue weighted by Gasteiger charge is -2.22. The zero-order chi connectivity index (χ0) is 38.8. The molecule has 0 aliphatic carbocycles. The van der Waals surface area contributed by atoms with E-state index in [2.05, 4.69) is 30.5 Å². The Bertz CT molecular complexity index is 2550. The van der Waals surface area contributed by atoms with Gasteiger partial charge >= 0.3 is 6.03 Å². The summed E-state index contributed by atoms with van der Waals surface area (Å²) in [4.78, 5) is 50.9. The van der Waals surface area contributed by atoms with Crippen LogP contribution in [0, 0.1) is 0 Å². The molecule has 3 aromatic carbocycles. The standard InChI is InChI=1S/C41H39N9O6/c1-48(2)26-14-12-25(13-15-26)43-40(52)45-34-11-6-9-31(44-34)38-47-37-36(56-38)29(18-19-42-37)28-8-5-10-32-35(28)46-41(55-32)50-21-7-20-49(22-23-50)39(51)30-17-16-27(53-3)24-33(30)54-4/h5-6,8-19,24H,7,20-23H2,1-4H3,(H2,43,44,45,52). The monoisotopic (exact) mass is 753 g/mol. The molecule has 1 fully saturated rings. The number of rotatable bonds is 9. The second-order valence-corrected chi connectivity index (χ2v) is 13.3. The molecule has 8 rings (SSSR count). The van der Waals surface area contributed by atoms with Gasteiger partial charge in [0.2, 0.25) is 5.89 Å². The average molecular weight is 754 g/mol. The van der Waals surface area contributed by atoms with Gasteiger partial charge in [-0.1, -0.05) is 18.2 Å². The van der Waals surface area contributed by atoms with Crippen LogP contribution < -0.4 is 29.9 Å². The summed E-state index contributed by atoms with van der Waals surface area (Å²) >= 11 is 0. The number of anilines is 4. The maximum Gasteiger partial charge on any atom is 0.324 e. The van der Waals surface area contributed by atoms with Crippen molar-refractivity contribution in [1.29, 1.82) is 0 Å². The van der Waals surface area contributed by atoms with Crippen LogP contribution in [0.5, 0.6) is 11.5 Å². The number of fused-ring (bicyclic) bond motifs is 2. The lowest BCUT2D eigenvalue weighted by atomic mass is 10.1. The fraction of sp³-hybridized carbons (Fsp3) is 0.220. The summed E-state index contributed by atoms with van der Waals surface area (Å²) in [6.45, 7) is 2.24. The minimum absolute atomic E-state index is 0.106. The van der Waals surface area contributed by atoms with Gasteiger partial charge in [0.05, 0.1) is 19.8 Å². The van der Waals surface area contributed by atoms with Crippen molar-refractivity contribution < 1.29 is 27.9 Å². The number of carbonyl (C=O) groups is 2. The minimum atomic E-state index is -0.436. The molecule has 15 heteroatoms. The molecule has 7 aromatic rings. The van der Waals surface area contributed by atoms with Crippen LogP contribution in [-0.2, 0) is 0 Å². The summed E-state index contributed by atoms with van der Waals surface area (Å²) in [6, 6.07) is 25.5. The molecule has 1 aliphatic rings. The molecule has 3 amide bonds. The Morgan fingerprint density at radius 3 is 2.45 bits per heavy atom. The molecule has 0 saturated carbocycles. The van der Waals surface area contributed by atoms with Gasteiger partial charge in [0.25, 0.3) is 11.9 Å². The van der Waals surface area contributed by atoms with Crippen LogP contribution in [0.15, 0.2) is 100.0 Å². The zero-order valence-electron chi connectivity index (χ0n) is 31.3. The smallest absolute Gasteiger partial charge is 0.324 e. The van der Waals surface area contributed by atoms with E-state index in [9.17, 15) is 9.59 Å². The molecule has 4 aromatic heterocycles. The van der Waals surface area contributed by atoms with E-state index < -0.39 is 6.03 Å². The van der Waals surface area contributed by atoms with Crippen LogP contribution in [0.1, 0.15) is 16.8 Å². The Morgan fingerprint density at radius 2 is 1.64 bits per heavy atom. The van der Waals surface area contributed by atoms with Crippen LogP contribution >= 0.6 is 0 Å². The van der Waals surface area contributed by atoms with Crippen molar-refractivity contribution in [2.45, 2.75) is 6.42 Å². The minimum Gasteiger partial charge on any atom is -0.497 e. The summed E-state index contributed by atoms with van der Waals surface area (Å²) in [5, 5.41) is 5.60. The number of carbonyl (C=O) groups excluding carboxylic acids is 2. The molecule has 1 aliphatic heterocycles. The van der Waals surface area contributed by atoms with Gasteiger partial charge in [-0.15, -0.1) is 0 Å². The van der Waals surface area contributed by atoms with Crippen molar-refractivity contribution in [2.75, 3.05) is 74.9 Å². The molecular weight excluding hydrogens is 715 g/mol. The third kappa shape index (κ3) is 7.21. The van der Waals surface area contributed by atoms with Crippen LogP contribution in [-0.4, -0.2) is 91.3 Å². The van der Waals surface area contributed by atoms with Crippen LogP contribution in [0.2, 0.25) is 0 Å². The number of aromatic nitrogens is 4. The predicted molar refractivity (Wildman–Crippen MR) is 214 cm³/mol. The highest BCUT2D eigenvalue weighted by atomic mass is 16.5. The van der Waals surface area contributed by atoms with Crippen molar-refractivity contribution >= 4 is 57.5 Å². The number of amides is 3. The van der Waals surface area contributed by atoms with Crippen LogP contribution in [0.4, 0.5) is 28.0 Å². The first-order valence-electron chi connectivity index (χ1n) is 18.0. The van der Waals surface area contributed by atoms with E-state index in [4.69, 9.17) is 23.3 Å². The number of nitrogens with zero attached hydrogens (tertiary/aromatic N) is 7. The van der Waals surface area contributed by atoms with E-state index >= 15 is 0 Å². The lowest BCUT2D eigenvalue weighted by Crippen LogP contribution is -2.35. The lowest BCUT2D eigenvalue weighted by molar-refractivity contribution is 0.0763. The normalized spacial score (nSPS) is 13.1. The Kier molecular flexibility index (Phi) is 9.79. The van der Waals surface area contributed by atoms with Crippen molar-refractivity contribution in [2.24, 2.45) is 0 Å². The van der Waals surface area contributed by atoms with Gasteiger partial charge in [0.15, 0.2) is 16.8 Å². The van der Waals surface area contributed by atoms with Gasteiger partial charge in [-0.3, -0.25) is 10.1 Å². The number of pyridine rings is 2. The summed E-state index contributed by atoms with van der Waals surface area (Å²) < 4.78 is 23.4. The summed E-state index contributed by atoms with van der Waals surface area (Å²) in [6.07, 6.45) is 2.39. The molecule has 0 unspecified atom stereocenters. The number of oxazole rings is 2. The molecule has 15 nitrogen and oxygen atoms in total. The third-order valence-corrected chi connectivity index (χ3v) is 9.53. The van der Waals surface area contributed by atoms with E-state index in [-0.39, 0.29) is 11.8 Å². The maximum atomic E-state index is 13.6. The van der Waals surface area contributed by atoms with Crippen LogP contribution in [0.3, 0.4) is 0 Å². The SMILES string of the molecule is COc1ccc(C(=O)N2CCCN(c3nc4c(-c5ccnc6nc(-c7cccc(NC(=O)Nc8ccc(N(C)C)cc8)n7)oc56)cccc4o3)CC2)c(OC)c1. The molecule has 0 radical (unpaired) electrons. The highest BCUT2D eigenvalue weighted by molar-refractivity contribution is 6.01. The van der Waals surface area contributed by atoms with Crippen molar-refractivity contribution in [3.63, 3.8) is 0 Å². The second-order valence-electron chi connectivity index (χ2n) is 13.3. The third-order valence-electron chi connectivity index (χ3n) is 9.53. The van der Waals surface area contributed by atoms with E-state index in [1.807, 2.05) is 72.4 Å². The van der Waals surface area contributed by atoms with Gasteiger partial charge < -0.3 is 38.3 Å². The number of methoxy groups -OCH3 is 2. The highest BCUT2D eigenvalue weighted by Gasteiger charge is 2.26. The number of urea groups is 1. The fourth-order valence-electron chi connectivity index (χ4n) is 6.65. The Balaban J connectivity index is 1.01. The van der Waals surface area contributed by atoms with Crippen LogP contribution in [0.25, 0.3) is 45.0 Å². The molecular formula is C41H39N9O6. The second kappa shape index (κ2) is 15.3. The summed E-state index contributed by atoms with van der Waals surface area (Å²) in [7, 11) is 7.03. The molecule has 5 heterocycles. The van der Waals surface area contributed by atoms with Gasteiger partial charge in [0, 0.05) is 75.0 Å². The summed E-state index contributed by atoms with van der Waals surface area (Å²) in [5.41, 5.74) is 6.19. The average Bonchev–Trinajstić information content (AvgIpc) is 3.78.